The van der Waals surface area contributed by atoms with Gasteiger partial charge in [0, 0.05) is 13.1 Å². The highest BCUT2D eigenvalue weighted by atomic mass is 16.5. The number of nitrogens with zero attached hydrogens (tertiary/aromatic N) is 1. The third-order valence-corrected chi connectivity index (χ3v) is 3.54. The zero-order valence-electron chi connectivity index (χ0n) is 10.1. The van der Waals surface area contributed by atoms with Gasteiger partial charge in [0.15, 0.2) is 0 Å². The number of hydrogen-bond donors (Lipinski definition) is 1. The lowest BCUT2D eigenvalue weighted by atomic mass is 10.0. The largest absolute Gasteiger partial charge is 0.461 e. The van der Waals surface area contributed by atoms with Gasteiger partial charge in [-0.05, 0) is 39.3 Å². The quantitative estimate of drug-likeness (QED) is 0.706. The molecular weight excluding hydrogens is 204 g/mol. The number of ether oxygens (including phenoxy) is 1. The van der Waals surface area contributed by atoms with Gasteiger partial charge < -0.3 is 15.0 Å². The van der Waals surface area contributed by atoms with Crippen LogP contribution in [0.2, 0.25) is 0 Å². The van der Waals surface area contributed by atoms with Crippen LogP contribution in [0.1, 0.15) is 32.1 Å². The summed E-state index contributed by atoms with van der Waals surface area (Å²) in [7, 11) is 2.11. The Morgan fingerprint density at radius 2 is 2.00 bits per heavy atom. The zero-order chi connectivity index (χ0) is 11.4. The Balaban J connectivity index is 1.73. The molecule has 16 heavy (non-hydrogen) atoms. The third kappa shape index (κ3) is 3.19. The predicted molar refractivity (Wildman–Crippen MR) is 62.3 cm³/mol. The van der Waals surface area contributed by atoms with Crippen LogP contribution in [0, 0.1) is 0 Å². The lowest BCUT2D eigenvalue weighted by Gasteiger charge is -2.30. The maximum atomic E-state index is 11.8. The fourth-order valence-corrected chi connectivity index (χ4v) is 2.40. The van der Waals surface area contributed by atoms with Gasteiger partial charge in [-0.1, -0.05) is 6.42 Å². The van der Waals surface area contributed by atoms with Crippen molar-refractivity contribution >= 4 is 5.97 Å². The summed E-state index contributed by atoms with van der Waals surface area (Å²) in [4.78, 5) is 14.1. The molecule has 0 aromatic carbocycles. The molecule has 1 atom stereocenters. The molecule has 2 rings (SSSR count). The number of piperidine rings is 2. The highest BCUT2D eigenvalue weighted by Gasteiger charge is 2.26. The zero-order valence-corrected chi connectivity index (χ0v) is 10.1. The van der Waals surface area contributed by atoms with Crippen LogP contribution in [0.5, 0.6) is 0 Å². The molecule has 0 bridgehead atoms. The molecule has 1 N–H and O–H groups in total. The van der Waals surface area contributed by atoms with Crippen molar-refractivity contribution < 1.29 is 9.53 Å². The highest BCUT2D eigenvalue weighted by molar-refractivity contribution is 5.76. The molecule has 0 aromatic rings. The molecule has 4 nitrogen and oxygen atoms in total. The van der Waals surface area contributed by atoms with E-state index in [1.54, 1.807) is 0 Å². The molecule has 2 heterocycles. The first-order valence-corrected chi connectivity index (χ1v) is 6.38. The number of esters is 1. The fourth-order valence-electron chi connectivity index (χ4n) is 2.40. The molecule has 0 aromatic heterocycles. The number of nitrogens with one attached hydrogen (secondary N) is 1. The third-order valence-electron chi connectivity index (χ3n) is 3.54. The first-order chi connectivity index (χ1) is 7.75. The van der Waals surface area contributed by atoms with Crippen LogP contribution in [0.3, 0.4) is 0 Å². The first-order valence-electron chi connectivity index (χ1n) is 6.38. The van der Waals surface area contributed by atoms with Crippen molar-refractivity contribution in [1.29, 1.82) is 0 Å². The summed E-state index contributed by atoms with van der Waals surface area (Å²) in [5.41, 5.74) is 0. The second-order valence-electron chi connectivity index (χ2n) is 4.94. The summed E-state index contributed by atoms with van der Waals surface area (Å²) >= 11 is 0. The van der Waals surface area contributed by atoms with Crippen molar-refractivity contribution in [3.8, 4) is 0 Å². The fraction of sp³-hybridized carbons (Fsp3) is 0.917. The second kappa shape index (κ2) is 5.64. The minimum atomic E-state index is -0.0478. The average molecular weight is 226 g/mol. The minimum Gasteiger partial charge on any atom is -0.461 e. The van der Waals surface area contributed by atoms with Crippen LogP contribution >= 0.6 is 0 Å². The molecule has 4 heteroatoms. The summed E-state index contributed by atoms with van der Waals surface area (Å²) in [6.45, 7) is 3.03. The minimum absolute atomic E-state index is 0.0331. The Kier molecular flexibility index (Phi) is 4.18. The number of carbonyl (C=O) groups is 1. The van der Waals surface area contributed by atoms with Crippen LogP contribution in [-0.4, -0.2) is 49.7 Å². The lowest BCUT2D eigenvalue weighted by Crippen LogP contribution is -2.44. The Bertz CT molecular complexity index is 231. The van der Waals surface area contributed by atoms with E-state index in [-0.39, 0.29) is 18.1 Å². The standard InChI is InChI=1S/C12H22N2O2/c1-14-8-5-10(6-9-14)16-12(15)11-4-2-3-7-13-11/h10-11,13H,2-9H2,1H3/t11-/m1/s1. The van der Waals surface area contributed by atoms with Gasteiger partial charge in [-0.15, -0.1) is 0 Å². The molecule has 2 aliphatic rings. The number of hydrogen-bond acceptors (Lipinski definition) is 4. The molecule has 0 amide bonds. The molecule has 2 aliphatic heterocycles. The summed E-state index contributed by atoms with van der Waals surface area (Å²) in [6.07, 6.45) is 5.36. The van der Waals surface area contributed by atoms with Crippen LogP contribution < -0.4 is 5.32 Å². The summed E-state index contributed by atoms with van der Waals surface area (Å²) in [5, 5.41) is 3.23. The Labute approximate surface area is 97.3 Å². The Morgan fingerprint density at radius 3 is 2.62 bits per heavy atom. The van der Waals surface area contributed by atoms with Gasteiger partial charge in [-0.2, -0.15) is 0 Å². The second-order valence-corrected chi connectivity index (χ2v) is 4.94. The maximum absolute atomic E-state index is 11.8. The van der Waals surface area contributed by atoms with Gasteiger partial charge in [-0.3, -0.25) is 4.79 Å². The molecule has 2 fully saturated rings. The lowest BCUT2D eigenvalue weighted by molar-refractivity contribution is -0.154. The van der Waals surface area contributed by atoms with Gasteiger partial charge in [-0.25, -0.2) is 0 Å². The Hall–Kier alpha value is -0.610. The molecular formula is C12H22N2O2. The Morgan fingerprint density at radius 1 is 1.25 bits per heavy atom. The SMILES string of the molecule is CN1CCC(OC(=O)[C@H]2CCCCN2)CC1. The van der Waals surface area contributed by atoms with Gasteiger partial charge in [0.1, 0.15) is 12.1 Å². The maximum Gasteiger partial charge on any atom is 0.323 e. The van der Waals surface area contributed by atoms with Gasteiger partial charge in [0.05, 0.1) is 0 Å². The molecule has 0 spiro atoms. The highest BCUT2D eigenvalue weighted by Crippen LogP contribution is 2.15. The van der Waals surface area contributed by atoms with Gasteiger partial charge in [0.25, 0.3) is 0 Å². The van der Waals surface area contributed by atoms with E-state index in [1.165, 1.54) is 6.42 Å². The number of carbonyl (C=O) groups excluding carboxylic acids is 1. The summed E-state index contributed by atoms with van der Waals surface area (Å²) < 4.78 is 5.55. The van der Waals surface area contributed by atoms with Crippen molar-refractivity contribution in [1.82, 2.24) is 10.2 Å². The van der Waals surface area contributed by atoms with Crippen molar-refractivity contribution in [2.75, 3.05) is 26.7 Å². The van der Waals surface area contributed by atoms with E-state index in [4.69, 9.17) is 4.74 Å². The van der Waals surface area contributed by atoms with E-state index in [9.17, 15) is 4.79 Å². The molecule has 0 saturated carbocycles. The van der Waals surface area contributed by atoms with Crippen LogP contribution in [0.4, 0.5) is 0 Å². The number of rotatable bonds is 2. The molecule has 0 aliphatic carbocycles. The van der Waals surface area contributed by atoms with Crippen LogP contribution in [-0.2, 0) is 9.53 Å². The van der Waals surface area contributed by atoms with Crippen LogP contribution in [0.25, 0.3) is 0 Å². The molecule has 92 valence electrons. The normalized spacial score (nSPS) is 28.9. The van der Waals surface area contributed by atoms with E-state index in [2.05, 4.69) is 17.3 Å². The topological polar surface area (TPSA) is 41.6 Å². The smallest absolute Gasteiger partial charge is 0.323 e. The first kappa shape index (κ1) is 11.9. The van der Waals surface area contributed by atoms with Gasteiger partial charge >= 0.3 is 5.97 Å². The predicted octanol–water partition coefficient (Wildman–Crippen LogP) is 0.766. The van der Waals surface area contributed by atoms with E-state index in [0.29, 0.717) is 0 Å². The monoisotopic (exact) mass is 226 g/mol. The average Bonchev–Trinajstić information content (AvgIpc) is 2.33. The molecule has 0 radical (unpaired) electrons. The van der Waals surface area contributed by atoms with Crippen molar-refractivity contribution in [3.05, 3.63) is 0 Å². The summed E-state index contributed by atoms with van der Waals surface area (Å²) in [6, 6.07) is -0.0478. The van der Waals surface area contributed by atoms with Crippen molar-refractivity contribution in [2.24, 2.45) is 0 Å². The molecule has 0 unspecified atom stereocenters. The van der Waals surface area contributed by atoms with E-state index < -0.39 is 0 Å². The molecule has 2 saturated heterocycles. The van der Waals surface area contributed by atoms with E-state index in [0.717, 1.165) is 45.3 Å². The van der Waals surface area contributed by atoms with Crippen molar-refractivity contribution in [3.63, 3.8) is 0 Å². The van der Waals surface area contributed by atoms with E-state index >= 15 is 0 Å². The summed E-state index contributed by atoms with van der Waals surface area (Å²) in [5.74, 6) is -0.0331. The van der Waals surface area contributed by atoms with Gasteiger partial charge in [0.2, 0.25) is 0 Å². The number of likely N-dealkylation sites (tertiary alicyclic amines) is 1. The van der Waals surface area contributed by atoms with Crippen molar-refractivity contribution in [2.45, 2.75) is 44.2 Å². The van der Waals surface area contributed by atoms with Crippen LogP contribution in [0.15, 0.2) is 0 Å². The van der Waals surface area contributed by atoms with E-state index in [1.807, 2.05) is 0 Å².